The Balaban J connectivity index is 3.22. The van der Waals surface area contributed by atoms with E-state index in [1.54, 1.807) is 6.92 Å². The van der Waals surface area contributed by atoms with Crippen molar-refractivity contribution in [3.8, 4) is 0 Å². The van der Waals surface area contributed by atoms with E-state index in [4.69, 9.17) is 5.11 Å². The molecule has 0 radical (unpaired) electrons. The maximum atomic E-state index is 13.0. The van der Waals surface area contributed by atoms with Crippen molar-refractivity contribution in [2.45, 2.75) is 19.1 Å². The topological polar surface area (TPSA) is 49.3 Å². The van der Waals surface area contributed by atoms with Gasteiger partial charge in [-0.2, -0.15) is 13.2 Å². The second-order valence-corrected chi connectivity index (χ2v) is 3.57. The number of halogens is 4. The van der Waals surface area contributed by atoms with Crippen molar-refractivity contribution < 1.29 is 27.5 Å². The molecule has 0 saturated carbocycles. The molecule has 0 saturated heterocycles. The summed E-state index contributed by atoms with van der Waals surface area (Å²) in [6, 6.07) is 0.852. The zero-order valence-corrected chi connectivity index (χ0v) is 9.38. The fourth-order valence-corrected chi connectivity index (χ4v) is 1.49. The average Bonchev–Trinajstić information content (AvgIpc) is 2.25. The predicted octanol–water partition coefficient (Wildman–Crippen LogP) is 2.58. The molecular formula is C11H11F4NO2. The van der Waals surface area contributed by atoms with E-state index >= 15 is 0 Å². The van der Waals surface area contributed by atoms with Gasteiger partial charge in [0.05, 0.1) is 5.56 Å². The second kappa shape index (κ2) is 5.34. The minimum absolute atomic E-state index is 0.141. The molecule has 0 heterocycles. The number of aliphatic carboxylic acids is 1. The smallest absolute Gasteiger partial charge is 0.419 e. The number of carbonyl (C=O) groups is 1. The largest absolute Gasteiger partial charge is 0.480 e. The summed E-state index contributed by atoms with van der Waals surface area (Å²) in [5.41, 5.74) is -1.61. The average molecular weight is 265 g/mol. The summed E-state index contributed by atoms with van der Waals surface area (Å²) < 4.78 is 50.4. The van der Waals surface area contributed by atoms with E-state index in [-0.39, 0.29) is 12.1 Å². The molecule has 1 atom stereocenters. The number of nitrogens with one attached hydrogen (secondary N) is 1. The molecular weight excluding hydrogens is 254 g/mol. The van der Waals surface area contributed by atoms with E-state index in [1.807, 2.05) is 0 Å². The molecule has 1 unspecified atom stereocenters. The van der Waals surface area contributed by atoms with Crippen LogP contribution in [0.3, 0.4) is 0 Å². The highest BCUT2D eigenvalue weighted by Crippen LogP contribution is 2.33. The molecule has 3 nitrogen and oxygen atoms in total. The van der Waals surface area contributed by atoms with Crippen LogP contribution in [0.1, 0.15) is 24.1 Å². The van der Waals surface area contributed by atoms with E-state index in [9.17, 15) is 22.4 Å². The van der Waals surface area contributed by atoms with E-state index in [0.29, 0.717) is 12.1 Å². The Bertz CT molecular complexity index is 445. The van der Waals surface area contributed by atoms with E-state index in [0.717, 1.165) is 6.07 Å². The van der Waals surface area contributed by atoms with Gasteiger partial charge in [-0.15, -0.1) is 0 Å². The van der Waals surface area contributed by atoms with Gasteiger partial charge in [0.2, 0.25) is 0 Å². The maximum Gasteiger partial charge on any atom is 0.419 e. The molecule has 0 spiro atoms. The van der Waals surface area contributed by atoms with Crippen LogP contribution in [0.5, 0.6) is 0 Å². The molecule has 18 heavy (non-hydrogen) atoms. The highest BCUT2D eigenvalue weighted by atomic mass is 19.4. The third-order valence-electron chi connectivity index (χ3n) is 2.28. The molecule has 2 N–H and O–H groups in total. The quantitative estimate of drug-likeness (QED) is 0.823. The molecule has 0 bridgehead atoms. The lowest BCUT2D eigenvalue weighted by Crippen LogP contribution is -2.28. The van der Waals surface area contributed by atoms with Crippen molar-refractivity contribution in [2.24, 2.45) is 0 Å². The lowest BCUT2D eigenvalue weighted by atomic mass is 10.0. The van der Waals surface area contributed by atoms with Gasteiger partial charge in [0.15, 0.2) is 0 Å². The first kappa shape index (κ1) is 14.4. The second-order valence-electron chi connectivity index (χ2n) is 3.57. The molecule has 0 aromatic heterocycles. The summed E-state index contributed by atoms with van der Waals surface area (Å²) in [5, 5.41) is 11.4. The number of likely N-dealkylation sites (N-methyl/N-ethyl adjacent to an activating group) is 1. The SMILES string of the molecule is CCNC(C(=O)O)c1ccc(F)c(C(F)(F)F)c1. The van der Waals surface area contributed by atoms with Crippen molar-refractivity contribution in [1.82, 2.24) is 5.32 Å². The Morgan fingerprint density at radius 3 is 2.50 bits per heavy atom. The highest BCUT2D eigenvalue weighted by molar-refractivity contribution is 5.75. The molecule has 0 amide bonds. The van der Waals surface area contributed by atoms with Crippen LogP contribution in [-0.2, 0) is 11.0 Å². The number of carboxylic acid groups (broad SMARTS) is 1. The molecule has 1 aromatic carbocycles. The summed E-state index contributed by atoms with van der Waals surface area (Å²) in [4.78, 5) is 10.9. The van der Waals surface area contributed by atoms with Crippen LogP contribution in [0, 0.1) is 5.82 Å². The van der Waals surface area contributed by atoms with Crippen molar-refractivity contribution in [3.05, 3.63) is 35.1 Å². The van der Waals surface area contributed by atoms with E-state index < -0.39 is 29.6 Å². The number of rotatable bonds is 4. The fourth-order valence-electron chi connectivity index (χ4n) is 1.49. The lowest BCUT2D eigenvalue weighted by molar-refractivity contribution is -0.141. The molecule has 0 aliphatic heterocycles. The van der Waals surface area contributed by atoms with Crippen LogP contribution >= 0.6 is 0 Å². The number of hydrogen-bond acceptors (Lipinski definition) is 2. The van der Waals surface area contributed by atoms with Gasteiger partial charge in [0, 0.05) is 0 Å². The fraction of sp³-hybridized carbons (Fsp3) is 0.364. The van der Waals surface area contributed by atoms with Crippen molar-refractivity contribution in [1.29, 1.82) is 0 Å². The first-order valence-corrected chi connectivity index (χ1v) is 5.10. The summed E-state index contributed by atoms with van der Waals surface area (Å²) in [6.45, 7) is 1.87. The van der Waals surface area contributed by atoms with Crippen LogP contribution in [0.2, 0.25) is 0 Å². The van der Waals surface area contributed by atoms with Gasteiger partial charge in [-0.1, -0.05) is 13.0 Å². The third kappa shape index (κ3) is 3.19. The van der Waals surface area contributed by atoms with E-state index in [1.165, 1.54) is 0 Å². The van der Waals surface area contributed by atoms with E-state index in [2.05, 4.69) is 5.32 Å². The number of hydrogen-bond donors (Lipinski definition) is 2. The Hall–Kier alpha value is -1.63. The molecule has 1 rings (SSSR count). The molecule has 0 aliphatic carbocycles. The van der Waals surface area contributed by atoms with Crippen LogP contribution in [0.25, 0.3) is 0 Å². The Labute approximate surface area is 100 Å². The Morgan fingerprint density at radius 2 is 2.06 bits per heavy atom. The lowest BCUT2D eigenvalue weighted by Gasteiger charge is -2.16. The van der Waals surface area contributed by atoms with Gasteiger partial charge in [0.25, 0.3) is 0 Å². The first-order valence-electron chi connectivity index (χ1n) is 5.10. The molecule has 0 fully saturated rings. The summed E-state index contributed by atoms with van der Waals surface area (Å²) in [5.74, 6) is -2.75. The zero-order chi connectivity index (χ0) is 13.9. The third-order valence-corrected chi connectivity index (χ3v) is 2.28. The molecule has 7 heteroatoms. The van der Waals surface area contributed by atoms with Gasteiger partial charge in [-0.3, -0.25) is 4.79 Å². The first-order chi connectivity index (χ1) is 8.27. The van der Waals surface area contributed by atoms with Crippen molar-refractivity contribution in [3.63, 3.8) is 0 Å². The standard InChI is InChI=1S/C11H11F4NO2/c1-2-16-9(10(17)18)6-3-4-8(12)7(5-6)11(13,14)15/h3-5,9,16H,2H2,1H3,(H,17,18). The van der Waals surface area contributed by atoms with Crippen molar-refractivity contribution in [2.75, 3.05) is 6.54 Å². The summed E-state index contributed by atoms with van der Waals surface area (Å²) in [6.07, 6.45) is -4.85. The molecule has 1 aromatic rings. The normalized spacial score (nSPS) is 13.4. The Kier molecular flexibility index (Phi) is 4.28. The van der Waals surface area contributed by atoms with Crippen LogP contribution in [0.4, 0.5) is 17.6 Å². The van der Waals surface area contributed by atoms with Gasteiger partial charge in [-0.25, -0.2) is 4.39 Å². The monoisotopic (exact) mass is 265 g/mol. The minimum Gasteiger partial charge on any atom is -0.480 e. The van der Waals surface area contributed by atoms with Gasteiger partial charge >= 0.3 is 12.1 Å². The van der Waals surface area contributed by atoms with Gasteiger partial charge in [-0.05, 0) is 24.2 Å². The van der Waals surface area contributed by atoms with Crippen LogP contribution in [0.15, 0.2) is 18.2 Å². The Morgan fingerprint density at radius 1 is 1.44 bits per heavy atom. The number of carboxylic acids is 1. The predicted molar refractivity (Wildman–Crippen MR) is 55.5 cm³/mol. The molecule has 100 valence electrons. The summed E-state index contributed by atoms with van der Waals surface area (Å²) >= 11 is 0. The van der Waals surface area contributed by atoms with Gasteiger partial charge < -0.3 is 10.4 Å². The van der Waals surface area contributed by atoms with Crippen LogP contribution in [-0.4, -0.2) is 17.6 Å². The molecule has 0 aliphatic rings. The maximum absolute atomic E-state index is 13.0. The zero-order valence-electron chi connectivity index (χ0n) is 9.38. The minimum atomic E-state index is -4.85. The van der Waals surface area contributed by atoms with Gasteiger partial charge in [0.1, 0.15) is 11.9 Å². The number of benzene rings is 1. The van der Waals surface area contributed by atoms with Crippen LogP contribution < -0.4 is 5.32 Å². The highest BCUT2D eigenvalue weighted by Gasteiger charge is 2.35. The summed E-state index contributed by atoms with van der Waals surface area (Å²) in [7, 11) is 0. The number of alkyl halides is 3. The van der Waals surface area contributed by atoms with Crippen molar-refractivity contribution >= 4 is 5.97 Å².